The highest BCUT2D eigenvalue weighted by Gasteiger charge is 2.35. The zero-order chi connectivity index (χ0) is 15.6. The van der Waals surface area contributed by atoms with Crippen molar-refractivity contribution in [2.75, 3.05) is 6.54 Å². The predicted octanol–water partition coefficient (Wildman–Crippen LogP) is 1.12. The molecule has 112 valence electrons. The Morgan fingerprint density at radius 1 is 1.48 bits per heavy atom. The van der Waals surface area contributed by atoms with Gasteiger partial charge in [0, 0.05) is 12.7 Å². The van der Waals surface area contributed by atoms with Gasteiger partial charge in [0.2, 0.25) is 11.1 Å². The number of likely N-dealkylation sites (tertiary alicyclic amines) is 1. The quantitative estimate of drug-likeness (QED) is 0.509. The zero-order valence-electron chi connectivity index (χ0n) is 11.0. The lowest BCUT2D eigenvalue weighted by Gasteiger charge is -2.33. The van der Waals surface area contributed by atoms with Gasteiger partial charge in [-0.15, -0.1) is 0 Å². The molecule has 1 fully saturated rings. The Morgan fingerprint density at radius 3 is 2.81 bits per heavy atom. The van der Waals surface area contributed by atoms with Crippen molar-refractivity contribution in [3.63, 3.8) is 0 Å². The van der Waals surface area contributed by atoms with E-state index in [-0.39, 0.29) is 10.7 Å². The van der Waals surface area contributed by atoms with E-state index >= 15 is 0 Å². The molecule has 0 radical (unpaired) electrons. The van der Waals surface area contributed by atoms with E-state index in [2.05, 4.69) is 4.98 Å². The summed E-state index contributed by atoms with van der Waals surface area (Å²) in [5.74, 6) is -1.25. The van der Waals surface area contributed by atoms with Gasteiger partial charge < -0.3 is 10.6 Å². The second kappa shape index (κ2) is 6.04. The molecule has 0 saturated carbocycles. The number of aromatic nitrogens is 1. The molecule has 2 heterocycles. The number of rotatable bonds is 3. The SMILES string of the molecule is NC(=O)C1CCCCN1C(=O)c1ccnc(Cl)c1[N+](=O)[O-]. The highest BCUT2D eigenvalue weighted by Crippen LogP contribution is 2.29. The van der Waals surface area contributed by atoms with Crippen LogP contribution in [0.25, 0.3) is 0 Å². The highest BCUT2D eigenvalue weighted by atomic mass is 35.5. The predicted molar refractivity (Wildman–Crippen MR) is 73.8 cm³/mol. The van der Waals surface area contributed by atoms with Gasteiger partial charge >= 0.3 is 5.69 Å². The Bertz CT molecular complexity index is 607. The molecule has 2 amide bonds. The number of amides is 2. The number of pyridine rings is 1. The van der Waals surface area contributed by atoms with Gasteiger partial charge in [-0.25, -0.2) is 4.98 Å². The van der Waals surface area contributed by atoms with Crippen molar-refractivity contribution < 1.29 is 14.5 Å². The maximum absolute atomic E-state index is 12.5. The highest BCUT2D eigenvalue weighted by molar-refractivity contribution is 6.32. The van der Waals surface area contributed by atoms with Crippen LogP contribution in [-0.2, 0) is 4.79 Å². The molecular weight excluding hydrogens is 300 g/mol. The molecule has 1 unspecified atom stereocenters. The van der Waals surface area contributed by atoms with Crippen molar-refractivity contribution in [1.82, 2.24) is 9.88 Å². The van der Waals surface area contributed by atoms with Crippen LogP contribution in [-0.4, -0.2) is 39.2 Å². The molecule has 1 aliphatic heterocycles. The number of halogens is 1. The number of nitrogens with zero attached hydrogens (tertiary/aromatic N) is 3. The van der Waals surface area contributed by atoms with Crippen LogP contribution in [0.2, 0.25) is 5.15 Å². The second-order valence-electron chi connectivity index (χ2n) is 4.67. The summed E-state index contributed by atoms with van der Waals surface area (Å²) >= 11 is 5.69. The minimum absolute atomic E-state index is 0.187. The maximum atomic E-state index is 12.5. The lowest BCUT2D eigenvalue weighted by Crippen LogP contribution is -2.50. The third-order valence-electron chi connectivity index (χ3n) is 3.38. The Hall–Kier alpha value is -2.22. The number of nitrogens with two attached hydrogens (primary N) is 1. The summed E-state index contributed by atoms with van der Waals surface area (Å²) in [5, 5.41) is 10.7. The van der Waals surface area contributed by atoms with Crippen molar-refractivity contribution in [1.29, 1.82) is 0 Å². The number of piperidine rings is 1. The molecule has 1 aromatic heterocycles. The number of hydrogen-bond acceptors (Lipinski definition) is 5. The third-order valence-corrected chi connectivity index (χ3v) is 3.66. The standard InChI is InChI=1S/C12H13ClN4O4/c13-10-9(17(20)21)7(4-5-15-10)12(19)16-6-2-1-3-8(16)11(14)18/h4-5,8H,1-3,6H2,(H2,14,18). The van der Waals surface area contributed by atoms with Crippen molar-refractivity contribution in [2.24, 2.45) is 5.73 Å². The molecule has 2 N–H and O–H groups in total. The number of carbonyl (C=O) groups excluding carboxylic acids is 2. The molecule has 2 rings (SSSR count). The van der Waals surface area contributed by atoms with Gasteiger partial charge in [0.25, 0.3) is 5.91 Å². The Balaban J connectivity index is 2.42. The topological polar surface area (TPSA) is 119 Å². The van der Waals surface area contributed by atoms with Gasteiger partial charge in [-0.2, -0.15) is 0 Å². The average Bonchev–Trinajstić information content (AvgIpc) is 2.45. The summed E-state index contributed by atoms with van der Waals surface area (Å²) in [6.45, 7) is 0.323. The summed E-state index contributed by atoms with van der Waals surface area (Å²) in [5.41, 5.74) is 4.55. The van der Waals surface area contributed by atoms with E-state index in [0.717, 1.165) is 6.42 Å². The molecule has 1 saturated heterocycles. The van der Waals surface area contributed by atoms with Crippen LogP contribution in [0.4, 0.5) is 5.69 Å². The molecule has 1 aliphatic rings. The molecule has 0 aromatic carbocycles. The summed E-state index contributed by atoms with van der Waals surface area (Å²) in [4.78, 5) is 39.1. The average molecular weight is 313 g/mol. The molecular formula is C12H13ClN4O4. The molecule has 0 bridgehead atoms. The molecule has 0 aliphatic carbocycles. The van der Waals surface area contributed by atoms with E-state index in [4.69, 9.17) is 17.3 Å². The largest absolute Gasteiger partial charge is 0.368 e. The Morgan fingerprint density at radius 2 is 2.19 bits per heavy atom. The number of primary amides is 1. The van der Waals surface area contributed by atoms with Crippen LogP contribution in [0.3, 0.4) is 0 Å². The minimum Gasteiger partial charge on any atom is -0.368 e. The first kappa shape index (κ1) is 15.2. The zero-order valence-corrected chi connectivity index (χ0v) is 11.7. The first-order valence-corrected chi connectivity index (χ1v) is 6.70. The van der Waals surface area contributed by atoms with Crippen molar-refractivity contribution >= 4 is 29.1 Å². The summed E-state index contributed by atoms with van der Waals surface area (Å²) in [6, 6.07) is 0.469. The van der Waals surface area contributed by atoms with E-state index < -0.39 is 28.5 Å². The Labute approximate surface area is 125 Å². The fourth-order valence-electron chi connectivity index (χ4n) is 2.40. The first-order chi connectivity index (χ1) is 9.93. The van der Waals surface area contributed by atoms with E-state index in [1.54, 1.807) is 0 Å². The summed E-state index contributed by atoms with van der Waals surface area (Å²) in [6.07, 6.45) is 3.15. The summed E-state index contributed by atoms with van der Waals surface area (Å²) < 4.78 is 0. The molecule has 0 spiro atoms. The fourth-order valence-corrected chi connectivity index (χ4v) is 2.63. The van der Waals surface area contributed by atoms with Crippen molar-refractivity contribution in [2.45, 2.75) is 25.3 Å². The Kier molecular flexibility index (Phi) is 4.37. The normalized spacial score (nSPS) is 18.3. The van der Waals surface area contributed by atoms with Crippen LogP contribution >= 0.6 is 11.6 Å². The van der Waals surface area contributed by atoms with Crippen LogP contribution in [0.5, 0.6) is 0 Å². The van der Waals surface area contributed by atoms with Crippen LogP contribution < -0.4 is 5.73 Å². The smallest absolute Gasteiger partial charge is 0.319 e. The van der Waals surface area contributed by atoms with Crippen LogP contribution in [0.1, 0.15) is 29.6 Å². The minimum atomic E-state index is -0.758. The lowest BCUT2D eigenvalue weighted by molar-refractivity contribution is -0.385. The van der Waals surface area contributed by atoms with E-state index in [0.29, 0.717) is 19.4 Å². The number of carbonyl (C=O) groups is 2. The molecule has 9 heteroatoms. The van der Waals surface area contributed by atoms with Gasteiger partial charge in [-0.1, -0.05) is 11.6 Å². The van der Waals surface area contributed by atoms with E-state index in [9.17, 15) is 19.7 Å². The number of nitro groups is 1. The lowest BCUT2D eigenvalue weighted by atomic mass is 10.00. The van der Waals surface area contributed by atoms with Gasteiger partial charge in [0.1, 0.15) is 11.6 Å². The van der Waals surface area contributed by atoms with Crippen molar-refractivity contribution in [3.05, 3.63) is 33.1 Å². The molecule has 21 heavy (non-hydrogen) atoms. The molecule has 8 nitrogen and oxygen atoms in total. The monoisotopic (exact) mass is 312 g/mol. The van der Waals surface area contributed by atoms with Gasteiger partial charge in [-0.05, 0) is 25.3 Å². The number of hydrogen-bond donors (Lipinski definition) is 1. The second-order valence-corrected chi connectivity index (χ2v) is 5.03. The molecule has 1 aromatic rings. The van der Waals surface area contributed by atoms with Gasteiger partial charge in [0.05, 0.1) is 4.92 Å². The van der Waals surface area contributed by atoms with Crippen molar-refractivity contribution in [3.8, 4) is 0 Å². The van der Waals surface area contributed by atoms with Crippen LogP contribution in [0.15, 0.2) is 12.3 Å². The van der Waals surface area contributed by atoms with Gasteiger partial charge in [-0.3, -0.25) is 19.7 Å². The fraction of sp³-hybridized carbons (Fsp3) is 0.417. The maximum Gasteiger partial charge on any atom is 0.319 e. The van der Waals surface area contributed by atoms with Gasteiger partial charge in [0.15, 0.2) is 0 Å². The van der Waals surface area contributed by atoms with E-state index in [1.165, 1.54) is 17.2 Å². The van der Waals surface area contributed by atoms with Crippen LogP contribution in [0, 0.1) is 10.1 Å². The first-order valence-electron chi connectivity index (χ1n) is 6.32. The molecule has 1 atom stereocenters. The van der Waals surface area contributed by atoms with E-state index in [1.807, 2.05) is 0 Å². The third kappa shape index (κ3) is 2.94. The summed E-state index contributed by atoms with van der Waals surface area (Å²) in [7, 11) is 0.